The fourth-order valence-electron chi connectivity index (χ4n) is 2.73. The van der Waals surface area contributed by atoms with E-state index in [0.29, 0.717) is 12.3 Å². The molecule has 0 aromatic carbocycles. The smallest absolute Gasteiger partial charge is 0.230 e. The Bertz CT molecular complexity index is 370. The summed E-state index contributed by atoms with van der Waals surface area (Å²) in [4.78, 5) is 4.51. The summed E-state index contributed by atoms with van der Waals surface area (Å²) in [5.74, 6) is 1.97. The molecule has 2 atom stereocenters. The second-order valence-corrected chi connectivity index (χ2v) is 6.02. The van der Waals surface area contributed by atoms with Gasteiger partial charge in [-0.1, -0.05) is 31.8 Å². The van der Waals surface area contributed by atoms with Crippen LogP contribution >= 0.6 is 0 Å². The third-order valence-electron chi connectivity index (χ3n) is 3.79. The van der Waals surface area contributed by atoms with Crippen LogP contribution in [0, 0.1) is 5.41 Å². The van der Waals surface area contributed by atoms with Crippen LogP contribution in [0.1, 0.15) is 64.1 Å². The summed E-state index contributed by atoms with van der Waals surface area (Å²) in [5.41, 5.74) is 6.02. The minimum atomic E-state index is 0.0832. The summed E-state index contributed by atoms with van der Waals surface area (Å²) in [7, 11) is 0. The molecule has 1 aliphatic carbocycles. The summed E-state index contributed by atoms with van der Waals surface area (Å²) in [6, 6.07) is 0.0832. The molecule has 0 spiro atoms. The first-order chi connectivity index (χ1) is 7.99. The van der Waals surface area contributed by atoms with E-state index in [9.17, 15) is 0 Å². The number of rotatable bonds is 3. The highest BCUT2D eigenvalue weighted by molar-refractivity contribution is 5.02. The van der Waals surface area contributed by atoms with Crippen LogP contribution in [0.5, 0.6) is 0 Å². The molecule has 1 heterocycles. The lowest BCUT2D eigenvalue weighted by Gasteiger charge is -2.36. The minimum absolute atomic E-state index is 0.0832. The average Bonchev–Trinajstić information content (AvgIpc) is 2.64. The Hall–Kier alpha value is -0.900. The molecular weight excluding hydrogens is 214 g/mol. The van der Waals surface area contributed by atoms with E-state index in [1.165, 1.54) is 19.3 Å². The van der Waals surface area contributed by atoms with Crippen molar-refractivity contribution in [1.29, 1.82) is 0 Å². The lowest BCUT2D eigenvalue weighted by Crippen LogP contribution is -2.26. The van der Waals surface area contributed by atoms with Gasteiger partial charge in [0.25, 0.3) is 0 Å². The maximum atomic E-state index is 5.74. The Labute approximate surface area is 103 Å². The molecule has 2 rings (SSSR count). The van der Waals surface area contributed by atoms with Gasteiger partial charge in [-0.3, -0.25) is 0 Å². The van der Waals surface area contributed by atoms with Gasteiger partial charge in [-0.2, -0.15) is 4.98 Å². The fourth-order valence-corrected chi connectivity index (χ4v) is 2.73. The van der Waals surface area contributed by atoms with Crippen molar-refractivity contribution in [3.8, 4) is 0 Å². The van der Waals surface area contributed by atoms with Gasteiger partial charge < -0.3 is 10.3 Å². The van der Waals surface area contributed by atoms with Gasteiger partial charge in [0, 0.05) is 18.4 Å². The number of nitrogens with zero attached hydrogens (tertiary/aromatic N) is 2. The second kappa shape index (κ2) is 4.77. The molecule has 96 valence electrons. The van der Waals surface area contributed by atoms with Crippen LogP contribution in [0.3, 0.4) is 0 Å². The Balaban J connectivity index is 2.13. The van der Waals surface area contributed by atoms with E-state index < -0.39 is 0 Å². The quantitative estimate of drug-likeness (QED) is 0.877. The SMILES string of the molecule is CC(N)Cc1noc(C2CCCCC2(C)C)n1. The predicted molar refractivity (Wildman–Crippen MR) is 66.6 cm³/mol. The fraction of sp³-hybridized carbons (Fsp3) is 0.846. The number of aromatic nitrogens is 2. The van der Waals surface area contributed by atoms with Crippen molar-refractivity contribution in [3.05, 3.63) is 11.7 Å². The zero-order valence-corrected chi connectivity index (χ0v) is 11.1. The maximum Gasteiger partial charge on any atom is 0.230 e. The Morgan fingerprint density at radius 2 is 2.24 bits per heavy atom. The Morgan fingerprint density at radius 3 is 2.88 bits per heavy atom. The minimum Gasteiger partial charge on any atom is -0.339 e. The second-order valence-electron chi connectivity index (χ2n) is 6.02. The van der Waals surface area contributed by atoms with Crippen molar-refractivity contribution in [2.45, 2.75) is 64.8 Å². The van der Waals surface area contributed by atoms with E-state index in [1.807, 2.05) is 6.92 Å². The van der Waals surface area contributed by atoms with Crippen molar-refractivity contribution in [2.75, 3.05) is 0 Å². The molecule has 0 radical (unpaired) electrons. The van der Waals surface area contributed by atoms with E-state index in [2.05, 4.69) is 24.0 Å². The lowest BCUT2D eigenvalue weighted by atomic mass is 9.69. The summed E-state index contributed by atoms with van der Waals surface area (Å²) in [6.07, 6.45) is 5.66. The average molecular weight is 237 g/mol. The van der Waals surface area contributed by atoms with Crippen molar-refractivity contribution in [1.82, 2.24) is 10.1 Å². The van der Waals surface area contributed by atoms with E-state index >= 15 is 0 Å². The summed E-state index contributed by atoms with van der Waals surface area (Å²) >= 11 is 0. The van der Waals surface area contributed by atoms with Crippen molar-refractivity contribution in [3.63, 3.8) is 0 Å². The Morgan fingerprint density at radius 1 is 1.47 bits per heavy atom. The van der Waals surface area contributed by atoms with Gasteiger partial charge >= 0.3 is 0 Å². The van der Waals surface area contributed by atoms with Gasteiger partial charge in [0.2, 0.25) is 5.89 Å². The monoisotopic (exact) mass is 237 g/mol. The third kappa shape index (κ3) is 2.86. The maximum absolute atomic E-state index is 5.74. The van der Waals surface area contributed by atoms with Gasteiger partial charge in [0.1, 0.15) is 0 Å². The molecule has 1 saturated carbocycles. The number of hydrogen-bond acceptors (Lipinski definition) is 4. The molecule has 0 saturated heterocycles. The van der Waals surface area contributed by atoms with Gasteiger partial charge in [0.15, 0.2) is 5.82 Å². The molecule has 1 aromatic heterocycles. The van der Waals surface area contributed by atoms with E-state index in [4.69, 9.17) is 10.3 Å². The molecule has 17 heavy (non-hydrogen) atoms. The first kappa shape index (κ1) is 12.6. The van der Waals surface area contributed by atoms with E-state index in [-0.39, 0.29) is 11.5 Å². The molecule has 1 aromatic rings. The summed E-state index contributed by atoms with van der Waals surface area (Å²) < 4.78 is 5.42. The molecule has 0 aliphatic heterocycles. The van der Waals surface area contributed by atoms with Crippen LogP contribution < -0.4 is 5.73 Å². The van der Waals surface area contributed by atoms with E-state index in [1.54, 1.807) is 0 Å². The van der Waals surface area contributed by atoms with Gasteiger partial charge in [-0.15, -0.1) is 0 Å². The Kier molecular flexibility index (Phi) is 3.52. The van der Waals surface area contributed by atoms with Crippen LogP contribution in [0.25, 0.3) is 0 Å². The predicted octanol–water partition coefficient (Wildman–Crippen LogP) is 2.64. The molecule has 2 unspecified atom stereocenters. The van der Waals surface area contributed by atoms with Crippen molar-refractivity contribution >= 4 is 0 Å². The van der Waals surface area contributed by atoms with E-state index in [0.717, 1.165) is 18.1 Å². The van der Waals surface area contributed by atoms with Crippen LogP contribution in [0.15, 0.2) is 4.52 Å². The van der Waals surface area contributed by atoms with Crippen LogP contribution in [-0.4, -0.2) is 16.2 Å². The van der Waals surface area contributed by atoms with Gasteiger partial charge in [-0.25, -0.2) is 0 Å². The standard InChI is InChI=1S/C13H23N3O/c1-9(14)8-11-15-12(17-16-11)10-6-4-5-7-13(10,2)3/h9-10H,4-8,14H2,1-3H3. The number of hydrogen-bond donors (Lipinski definition) is 1. The molecular formula is C13H23N3O. The first-order valence-electron chi connectivity index (χ1n) is 6.57. The molecule has 4 nitrogen and oxygen atoms in total. The van der Waals surface area contributed by atoms with Crippen LogP contribution in [0.4, 0.5) is 0 Å². The van der Waals surface area contributed by atoms with Gasteiger partial charge in [-0.05, 0) is 25.2 Å². The highest BCUT2D eigenvalue weighted by Gasteiger charge is 2.36. The lowest BCUT2D eigenvalue weighted by molar-refractivity contribution is 0.164. The summed E-state index contributed by atoms with van der Waals surface area (Å²) in [6.45, 7) is 6.55. The molecule has 2 N–H and O–H groups in total. The van der Waals surface area contributed by atoms with Crippen LogP contribution in [-0.2, 0) is 6.42 Å². The third-order valence-corrected chi connectivity index (χ3v) is 3.79. The normalized spacial score (nSPS) is 25.8. The number of nitrogens with two attached hydrogens (primary N) is 1. The molecule has 0 amide bonds. The van der Waals surface area contributed by atoms with Gasteiger partial charge in [0.05, 0.1) is 0 Å². The largest absolute Gasteiger partial charge is 0.339 e. The molecule has 4 heteroatoms. The highest BCUT2D eigenvalue weighted by Crippen LogP contribution is 2.46. The first-order valence-corrected chi connectivity index (χ1v) is 6.57. The van der Waals surface area contributed by atoms with Crippen molar-refractivity contribution in [2.24, 2.45) is 11.1 Å². The van der Waals surface area contributed by atoms with Crippen molar-refractivity contribution < 1.29 is 4.52 Å². The molecule has 1 aliphatic rings. The summed E-state index contributed by atoms with van der Waals surface area (Å²) in [5, 5.41) is 4.03. The molecule has 1 fully saturated rings. The highest BCUT2D eigenvalue weighted by atomic mass is 16.5. The van der Waals surface area contributed by atoms with Crippen LogP contribution in [0.2, 0.25) is 0 Å². The topological polar surface area (TPSA) is 64.9 Å². The zero-order chi connectivity index (χ0) is 12.5. The molecule has 0 bridgehead atoms. The zero-order valence-electron chi connectivity index (χ0n) is 11.1.